The Morgan fingerprint density at radius 2 is 2.11 bits per heavy atom. The minimum absolute atomic E-state index is 0.156. The van der Waals surface area contributed by atoms with E-state index in [2.05, 4.69) is 30.4 Å². The van der Waals surface area contributed by atoms with Crippen molar-refractivity contribution in [2.75, 3.05) is 25.2 Å². The molecule has 0 amide bonds. The minimum atomic E-state index is -0.708. The predicted octanol–water partition coefficient (Wildman–Crippen LogP) is 3.15. The zero-order valence-electron chi connectivity index (χ0n) is 12.4. The molecule has 1 heterocycles. The summed E-state index contributed by atoms with van der Waals surface area (Å²) in [4.78, 5) is 16.2. The quantitative estimate of drug-likeness (QED) is 0.818. The van der Waals surface area contributed by atoms with Crippen molar-refractivity contribution in [2.45, 2.75) is 37.9 Å². The highest BCUT2D eigenvalue weighted by Crippen LogP contribution is 2.29. The maximum absolute atomic E-state index is 11.7. The molecule has 1 N–H and O–H groups in total. The molecule has 4 nitrogen and oxygen atoms in total. The third-order valence-electron chi connectivity index (χ3n) is 3.06. The van der Waals surface area contributed by atoms with Gasteiger partial charge in [0, 0.05) is 16.7 Å². The van der Waals surface area contributed by atoms with Gasteiger partial charge in [-0.15, -0.1) is 11.3 Å². The molecule has 108 valence electrons. The fraction of sp³-hybridized carbons (Fsp3) is 0.692. The van der Waals surface area contributed by atoms with Crippen molar-refractivity contribution in [1.29, 1.82) is 0 Å². The topological polar surface area (TPSA) is 51.2 Å². The van der Waals surface area contributed by atoms with Gasteiger partial charge in [0.25, 0.3) is 0 Å². The number of nitrogens with one attached hydrogen (secondary N) is 1. The van der Waals surface area contributed by atoms with Crippen LogP contribution in [-0.2, 0) is 14.9 Å². The molecule has 1 rings (SSSR count). The Morgan fingerprint density at radius 1 is 1.47 bits per heavy atom. The van der Waals surface area contributed by atoms with Gasteiger partial charge in [-0.2, -0.15) is 11.8 Å². The Hall–Kier alpha value is -0.750. The van der Waals surface area contributed by atoms with Crippen LogP contribution in [0, 0.1) is 0 Å². The Bertz CT molecular complexity index is 442. The SMILES string of the molecule is COC(=O)C(C)(C)c1csc(NCC(C)(C)SC)n1. The molecule has 0 saturated heterocycles. The van der Waals surface area contributed by atoms with Crippen molar-refractivity contribution >= 4 is 34.2 Å². The highest BCUT2D eigenvalue weighted by atomic mass is 32.2. The predicted molar refractivity (Wildman–Crippen MR) is 83.2 cm³/mol. The lowest BCUT2D eigenvalue weighted by Crippen LogP contribution is -2.30. The van der Waals surface area contributed by atoms with Crippen molar-refractivity contribution in [3.63, 3.8) is 0 Å². The summed E-state index contributed by atoms with van der Waals surface area (Å²) < 4.78 is 4.97. The standard InChI is InChI=1S/C13H22N2O2S2/c1-12(2,18-6)8-14-11-15-9(7-19-11)13(3,4)10(16)17-5/h7H,8H2,1-6H3,(H,14,15). The molecule has 0 saturated carbocycles. The molecular weight excluding hydrogens is 280 g/mol. The van der Waals surface area contributed by atoms with Crippen LogP contribution in [0.3, 0.4) is 0 Å². The molecule has 0 aromatic carbocycles. The van der Waals surface area contributed by atoms with Gasteiger partial charge in [0.15, 0.2) is 5.13 Å². The summed E-state index contributed by atoms with van der Waals surface area (Å²) in [7, 11) is 1.40. The van der Waals surface area contributed by atoms with Crippen LogP contribution < -0.4 is 5.32 Å². The van der Waals surface area contributed by atoms with Crippen molar-refractivity contribution < 1.29 is 9.53 Å². The summed E-state index contributed by atoms with van der Waals surface area (Å²) in [6.45, 7) is 8.84. The van der Waals surface area contributed by atoms with E-state index in [4.69, 9.17) is 4.74 Å². The van der Waals surface area contributed by atoms with Crippen molar-refractivity contribution in [1.82, 2.24) is 4.98 Å². The van der Waals surface area contributed by atoms with Crippen LogP contribution in [0.5, 0.6) is 0 Å². The van der Waals surface area contributed by atoms with Crippen LogP contribution in [0.15, 0.2) is 5.38 Å². The molecular formula is C13H22N2O2S2. The zero-order chi connectivity index (χ0) is 14.7. The Morgan fingerprint density at radius 3 is 2.63 bits per heavy atom. The largest absolute Gasteiger partial charge is 0.468 e. The van der Waals surface area contributed by atoms with Crippen LogP contribution in [0.25, 0.3) is 0 Å². The van der Waals surface area contributed by atoms with Gasteiger partial charge in [0.2, 0.25) is 0 Å². The average molecular weight is 302 g/mol. The molecule has 19 heavy (non-hydrogen) atoms. The number of thioether (sulfide) groups is 1. The van der Waals surface area contributed by atoms with Gasteiger partial charge in [-0.25, -0.2) is 4.98 Å². The van der Waals surface area contributed by atoms with Crippen molar-refractivity contribution in [3.8, 4) is 0 Å². The third kappa shape index (κ3) is 4.11. The number of nitrogens with zero attached hydrogens (tertiary/aromatic N) is 1. The molecule has 1 aromatic heterocycles. The number of esters is 1. The monoisotopic (exact) mass is 302 g/mol. The first-order chi connectivity index (χ1) is 8.73. The summed E-state index contributed by atoms with van der Waals surface area (Å²) in [5.74, 6) is -0.270. The summed E-state index contributed by atoms with van der Waals surface area (Å²) in [6, 6.07) is 0. The number of carbonyl (C=O) groups is 1. The Labute approximate surface area is 123 Å². The number of hydrogen-bond acceptors (Lipinski definition) is 6. The van der Waals surface area contributed by atoms with E-state index in [1.165, 1.54) is 18.4 Å². The fourth-order valence-corrected chi connectivity index (χ4v) is 2.46. The van der Waals surface area contributed by atoms with E-state index >= 15 is 0 Å². The Balaban J connectivity index is 2.75. The van der Waals surface area contributed by atoms with Crippen LogP contribution >= 0.6 is 23.1 Å². The number of thiazole rings is 1. The van der Waals surface area contributed by atoms with Gasteiger partial charge in [-0.3, -0.25) is 4.79 Å². The first-order valence-electron chi connectivity index (χ1n) is 6.06. The molecule has 0 aliphatic heterocycles. The van der Waals surface area contributed by atoms with Crippen molar-refractivity contribution in [3.05, 3.63) is 11.1 Å². The maximum atomic E-state index is 11.7. The van der Waals surface area contributed by atoms with Crippen LogP contribution in [0.1, 0.15) is 33.4 Å². The second kappa shape index (κ2) is 6.13. The molecule has 0 spiro atoms. The molecule has 0 bridgehead atoms. The first kappa shape index (κ1) is 16.3. The van der Waals surface area contributed by atoms with Gasteiger partial charge >= 0.3 is 5.97 Å². The van der Waals surface area contributed by atoms with Crippen molar-refractivity contribution in [2.24, 2.45) is 0 Å². The van der Waals surface area contributed by atoms with Crippen LogP contribution in [0.2, 0.25) is 0 Å². The number of aromatic nitrogens is 1. The minimum Gasteiger partial charge on any atom is -0.468 e. The highest BCUT2D eigenvalue weighted by Gasteiger charge is 2.33. The van der Waals surface area contributed by atoms with E-state index in [9.17, 15) is 4.79 Å². The lowest BCUT2D eigenvalue weighted by Gasteiger charge is -2.22. The van der Waals surface area contributed by atoms with E-state index in [1.807, 2.05) is 31.0 Å². The van der Waals surface area contributed by atoms with E-state index in [1.54, 1.807) is 0 Å². The summed E-state index contributed by atoms with van der Waals surface area (Å²) >= 11 is 3.32. The van der Waals surface area contributed by atoms with Gasteiger partial charge in [0.05, 0.1) is 12.8 Å². The lowest BCUT2D eigenvalue weighted by atomic mass is 9.90. The average Bonchev–Trinajstić information content (AvgIpc) is 2.85. The normalized spacial score (nSPS) is 12.3. The molecule has 0 aliphatic carbocycles. The number of hydrogen-bond donors (Lipinski definition) is 1. The molecule has 0 aliphatic rings. The fourth-order valence-electron chi connectivity index (χ4n) is 1.36. The number of methoxy groups -OCH3 is 1. The number of ether oxygens (including phenoxy) is 1. The molecule has 0 unspecified atom stereocenters. The summed E-state index contributed by atoms with van der Waals surface area (Å²) in [5, 5.41) is 6.07. The number of carbonyl (C=O) groups excluding carboxylic acids is 1. The molecule has 1 aromatic rings. The van der Waals surface area contributed by atoms with Crippen LogP contribution in [-0.4, -0.2) is 35.6 Å². The van der Waals surface area contributed by atoms with Gasteiger partial charge < -0.3 is 10.1 Å². The van der Waals surface area contributed by atoms with E-state index in [0.29, 0.717) is 0 Å². The highest BCUT2D eigenvalue weighted by molar-refractivity contribution is 7.99. The molecule has 6 heteroatoms. The van der Waals surface area contributed by atoms with E-state index in [0.717, 1.165) is 17.4 Å². The second-order valence-corrected chi connectivity index (χ2v) is 7.84. The summed E-state index contributed by atoms with van der Waals surface area (Å²) in [6.07, 6.45) is 2.09. The maximum Gasteiger partial charge on any atom is 0.317 e. The summed E-state index contributed by atoms with van der Waals surface area (Å²) in [5.41, 5.74) is 0.0361. The Kier molecular flexibility index (Phi) is 5.26. The van der Waals surface area contributed by atoms with E-state index < -0.39 is 5.41 Å². The van der Waals surface area contributed by atoms with Gasteiger partial charge in [0.1, 0.15) is 5.41 Å². The van der Waals surface area contributed by atoms with Crippen LogP contribution in [0.4, 0.5) is 5.13 Å². The van der Waals surface area contributed by atoms with Gasteiger partial charge in [-0.05, 0) is 34.0 Å². The molecule has 0 fully saturated rings. The molecule has 0 radical (unpaired) electrons. The number of rotatable bonds is 6. The van der Waals surface area contributed by atoms with Gasteiger partial charge in [-0.1, -0.05) is 0 Å². The zero-order valence-corrected chi connectivity index (χ0v) is 14.0. The molecule has 0 atom stereocenters. The lowest BCUT2D eigenvalue weighted by molar-refractivity contribution is -0.146. The van der Waals surface area contributed by atoms with E-state index in [-0.39, 0.29) is 10.7 Å². The third-order valence-corrected chi connectivity index (χ3v) is 5.11. The first-order valence-corrected chi connectivity index (χ1v) is 8.17. The second-order valence-electron chi connectivity index (χ2n) is 5.47. The smallest absolute Gasteiger partial charge is 0.317 e. The number of anilines is 1.